The molecule has 4 nitrogen and oxygen atoms in total. The Bertz CT molecular complexity index is 760. The van der Waals surface area contributed by atoms with E-state index in [0.29, 0.717) is 0 Å². The average molecular weight is 336 g/mol. The second-order valence-corrected chi connectivity index (χ2v) is 6.99. The Labute approximate surface area is 148 Å². The van der Waals surface area contributed by atoms with E-state index in [2.05, 4.69) is 17.1 Å². The van der Waals surface area contributed by atoms with Crippen molar-refractivity contribution in [2.24, 2.45) is 0 Å². The van der Waals surface area contributed by atoms with Gasteiger partial charge in [0, 0.05) is 12.7 Å². The first-order valence-corrected chi connectivity index (χ1v) is 9.22. The van der Waals surface area contributed by atoms with Gasteiger partial charge in [0.2, 0.25) is 0 Å². The fraction of sp³-hybridized carbons (Fsp3) is 0.429. The first-order valence-electron chi connectivity index (χ1n) is 9.22. The molecule has 1 aliphatic heterocycles. The van der Waals surface area contributed by atoms with Crippen LogP contribution in [0.4, 0.5) is 0 Å². The predicted molar refractivity (Wildman–Crippen MR) is 96.5 cm³/mol. The maximum absolute atomic E-state index is 12.9. The van der Waals surface area contributed by atoms with Crippen molar-refractivity contribution in [2.75, 3.05) is 6.54 Å². The van der Waals surface area contributed by atoms with Crippen LogP contribution in [0.25, 0.3) is 0 Å². The molecule has 0 radical (unpaired) electrons. The lowest BCUT2D eigenvalue weighted by Gasteiger charge is -2.27. The zero-order valence-electron chi connectivity index (χ0n) is 14.6. The van der Waals surface area contributed by atoms with Crippen LogP contribution in [0.3, 0.4) is 0 Å². The summed E-state index contributed by atoms with van der Waals surface area (Å²) >= 11 is 0. The lowest BCUT2D eigenvalue weighted by Crippen LogP contribution is -2.40. The number of benzene rings is 1. The van der Waals surface area contributed by atoms with E-state index < -0.39 is 6.10 Å². The molecule has 1 aromatic heterocycles. The van der Waals surface area contributed by atoms with Gasteiger partial charge in [0.15, 0.2) is 6.10 Å². The number of fused-ring (bicyclic) bond motifs is 1. The largest absolute Gasteiger partial charge is 0.481 e. The standard InChI is InChI=1S/C21H24N2O2/c1-15(25-18-11-10-16-6-4-7-17(16)14-18)21(24)23-13-5-9-20(23)19-8-2-3-12-22-19/h2-3,8,10-12,14-15,20H,4-7,9,13H2,1H3/t15-,20-/m0/s1. The molecule has 25 heavy (non-hydrogen) atoms. The van der Waals surface area contributed by atoms with Gasteiger partial charge in [-0.05, 0) is 74.4 Å². The van der Waals surface area contributed by atoms with Gasteiger partial charge in [-0.3, -0.25) is 9.78 Å². The predicted octanol–water partition coefficient (Wildman–Crippen LogP) is 3.70. The smallest absolute Gasteiger partial charge is 0.263 e. The molecule has 130 valence electrons. The second kappa shape index (κ2) is 6.87. The summed E-state index contributed by atoms with van der Waals surface area (Å²) in [5.41, 5.74) is 3.75. The second-order valence-electron chi connectivity index (χ2n) is 6.99. The number of rotatable bonds is 4. The molecular weight excluding hydrogens is 312 g/mol. The fourth-order valence-electron chi connectivity index (χ4n) is 4.02. The van der Waals surface area contributed by atoms with Crippen LogP contribution in [0.5, 0.6) is 5.75 Å². The number of aryl methyl sites for hydroxylation is 2. The third-order valence-corrected chi connectivity index (χ3v) is 5.30. The van der Waals surface area contributed by atoms with Gasteiger partial charge in [0.1, 0.15) is 5.75 Å². The number of carbonyl (C=O) groups excluding carboxylic acids is 1. The number of hydrogen-bond donors (Lipinski definition) is 0. The normalized spacial score (nSPS) is 20.4. The summed E-state index contributed by atoms with van der Waals surface area (Å²) in [6.45, 7) is 2.63. The van der Waals surface area contributed by atoms with Crippen molar-refractivity contribution >= 4 is 5.91 Å². The molecule has 4 rings (SSSR count). The summed E-state index contributed by atoms with van der Waals surface area (Å²) in [6, 6.07) is 12.2. The van der Waals surface area contributed by atoms with Crippen LogP contribution in [0, 0.1) is 0 Å². The summed E-state index contributed by atoms with van der Waals surface area (Å²) in [4.78, 5) is 19.3. The van der Waals surface area contributed by atoms with E-state index in [-0.39, 0.29) is 11.9 Å². The van der Waals surface area contributed by atoms with Crippen LogP contribution < -0.4 is 4.74 Å². The zero-order chi connectivity index (χ0) is 17.2. The number of amides is 1. The van der Waals surface area contributed by atoms with Gasteiger partial charge in [-0.1, -0.05) is 12.1 Å². The molecule has 1 amide bonds. The highest BCUT2D eigenvalue weighted by molar-refractivity contribution is 5.81. The molecule has 0 unspecified atom stereocenters. The summed E-state index contributed by atoms with van der Waals surface area (Å²) in [6.07, 6.45) is 6.77. The minimum Gasteiger partial charge on any atom is -0.481 e. The molecule has 0 saturated carbocycles. The van der Waals surface area contributed by atoms with Gasteiger partial charge >= 0.3 is 0 Å². The monoisotopic (exact) mass is 336 g/mol. The molecule has 1 aliphatic carbocycles. The summed E-state index contributed by atoms with van der Waals surface area (Å²) in [5.74, 6) is 0.851. The van der Waals surface area contributed by atoms with Gasteiger partial charge in [0.05, 0.1) is 11.7 Å². The maximum Gasteiger partial charge on any atom is 0.263 e. The Balaban J connectivity index is 1.46. The summed E-state index contributed by atoms with van der Waals surface area (Å²) < 4.78 is 5.99. The molecule has 4 heteroatoms. The molecular formula is C21H24N2O2. The fourth-order valence-corrected chi connectivity index (χ4v) is 4.02. The van der Waals surface area contributed by atoms with E-state index >= 15 is 0 Å². The molecule has 2 heterocycles. The van der Waals surface area contributed by atoms with Crippen LogP contribution in [0.1, 0.15) is 49.0 Å². The molecule has 1 fully saturated rings. The van der Waals surface area contributed by atoms with Crippen molar-refractivity contribution in [3.05, 3.63) is 59.4 Å². The van der Waals surface area contributed by atoms with E-state index in [1.807, 2.05) is 36.1 Å². The minimum atomic E-state index is -0.483. The molecule has 0 bridgehead atoms. The van der Waals surface area contributed by atoms with Crippen LogP contribution in [-0.2, 0) is 17.6 Å². The lowest BCUT2D eigenvalue weighted by molar-refractivity contribution is -0.139. The van der Waals surface area contributed by atoms with Crippen molar-refractivity contribution in [3.8, 4) is 5.75 Å². The first-order chi connectivity index (χ1) is 12.2. The third-order valence-electron chi connectivity index (χ3n) is 5.30. The summed E-state index contributed by atoms with van der Waals surface area (Å²) in [5, 5.41) is 0. The topological polar surface area (TPSA) is 42.4 Å². The van der Waals surface area contributed by atoms with E-state index in [1.54, 1.807) is 6.20 Å². The van der Waals surface area contributed by atoms with Crippen LogP contribution in [-0.4, -0.2) is 28.4 Å². The number of pyridine rings is 1. The number of hydrogen-bond acceptors (Lipinski definition) is 3. The van der Waals surface area contributed by atoms with Gasteiger partial charge in [-0.2, -0.15) is 0 Å². The van der Waals surface area contributed by atoms with Crippen molar-refractivity contribution < 1.29 is 9.53 Å². The minimum absolute atomic E-state index is 0.0497. The number of carbonyl (C=O) groups is 1. The van der Waals surface area contributed by atoms with Gasteiger partial charge in [0.25, 0.3) is 5.91 Å². The van der Waals surface area contributed by atoms with Crippen molar-refractivity contribution in [1.29, 1.82) is 0 Å². The lowest BCUT2D eigenvalue weighted by atomic mass is 10.1. The summed E-state index contributed by atoms with van der Waals surface area (Å²) in [7, 11) is 0. The Kier molecular flexibility index (Phi) is 4.43. The van der Waals surface area contributed by atoms with E-state index in [4.69, 9.17) is 4.74 Å². The number of aromatic nitrogens is 1. The third kappa shape index (κ3) is 3.26. The van der Waals surface area contributed by atoms with E-state index in [9.17, 15) is 4.79 Å². The Hall–Kier alpha value is -2.36. The van der Waals surface area contributed by atoms with Crippen molar-refractivity contribution in [3.63, 3.8) is 0 Å². The highest BCUT2D eigenvalue weighted by atomic mass is 16.5. The average Bonchev–Trinajstić information content (AvgIpc) is 3.30. The molecule has 2 aliphatic rings. The quantitative estimate of drug-likeness (QED) is 0.855. The number of likely N-dealkylation sites (tertiary alicyclic amines) is 1. The van der Waals surface area contributed by atoms with Crippen LogP contribution >= 0.6 is 0 Å². The van der Waals surface area contributed by atoms with E-state index in [0.717, 1.165) is 43.7 Å². The molecule has 1 saturated heterocycles. The SMILES string of the molecule is C[C@H](Oc1ccc2c(c1)CCC2)C(=O)N1CCC[C@H]1c1ccccn1. The maximum atomic E-state index is 12.9. The first kappa shape index (κ1) is 16.1. The molecule has 0 spiro atoms. The molecule has 0 N–H and O–H groups in total. The number of nitrogens with zero attached hydrogens (tertiary/aromatic N) is 2. The highest BCUT2D eigenvalue weighted by Gasteiger charge is 2.34. The van der Waals surface area contributed by atoms with Crippen molar-refractivity contribution in [2.45, 2.75) is 51.2 Å². The Morgan fingerprint density at radius 1 is 1.20 bits per heavy atom. The van der Waals surface area contributed by atoms with E-state index in [1.165, 1.54) is 17.5 Å². The van der Waals surface area contributed by atoms with Crippen molar-refractivity contribution in [1.82, 2.24) is 9.88 Å². The van der Waals surface area contributed by atoms with Gasteiger partial charge in [-0.15, -0.1) is 0 Å². The Morgan fingerprint density at radius 3 is 2.92 bits per heavy atom. The zero-order valence-corrected chi connectivity index (χ0v) is 14.6. The molecule has 1 aromatic carbocycles. The molecule has 2 atom stereocenters. The van der Waals surface area contributed by atoms with Gasteiger partial charge in [-0.25, -0.2) is 0 Å². The Morgan fingerprint density at radius 2 is 2.08 bits per heavy atom. The van der Waals surface area contributed by atoms with Gasteiger partial charge < -0.3 is 9.64 Å². The van der Waals surface area contributed by atoms with Crippen LogP contribution in [0.15, 0.2) is 42.6 Å². The molecule has 2 aromatic rings. The number of ether oxygens (including phenoxy) is 1. The van der Waals surface area contributed by atoms with Crippen LogP contribution in [0.2, 0.25) is 0 Å². The highest BCUT2D eigenvalue weighted by Crippen LogP contribution is 2.32.